The average Bonchev–Trinajstić information content (AvgIpc) is 3.03. The lowest BCUT2D eigenvalue weighted by Crippen LogP contribution is -2.25. The van der Waals surface area contributed by atoms with E-state index < -0.39 is 0 Å². The van der Waals surface area contributed by atoms with Crippen LogP contribution in [0.2, 0.25) is 0 Å². The van der Waals surface area contributed by atoms with Crippen molar-refractivity contribution >= 4 is 27.3 Å². The zero-order chi connectivity index (χ0) is 19.0. The van der Waals surface area contributed by atoms with E-state index in [0.717, 1.165) is 35.4 Å². The molecule has 1 aliphatic carbocycles. The number of aromatic nitrogens is 2. The zero-order valence-corrected chi connectivity index (χ0v) is 16.3. The quantitative estimate of drug-likeness (QED) is 0.629. The summed E-state index contributed by atoms with van der Waals surface area (Å²) in [6, 6.07) is 7.02. The molecule has 5 nitrogen and oxygen atoms in total. The van der Waals surface area contributed by atoms with E-state index in [1.807, 2.05) is 6.92 Å². The Kier molecular flexibility index (Phi) is 4.83. The Balaban J connectivity index is 1.63. The number of hydrogen-bond donors (Lipinski definition) is 0. The molecular formula is C21H22N2O3S. The lowest BCUT2D eigenvalue weighted by atomic mass is 9.89. The molecule has 0 bridgehead atoms. The minimum atomic E-state index is -0.112. The number of hydrogen-bond acceptors (Lipinski definition) is 5. The van der Waals surface area contributed by atoms with Crippen molar-refractivity contribution in [2.24, 2.45) is 5.92 Å². The van der Waals surface area contributed by atoms with E-state index in [0.29, 0.717) is 23.5 Å². The Morgan fingerprint density at radius 3 is 2.85 bits per heavy atom. The minimum Gasteiger partial charge on any atom is -0.494 e. The minimum absolute atomic E-state index is 0.00320. The van der Waals surface area contributed by atoms with Crippen LogP contribution in [0.1, 0.15) is 41.1 Å². The molecule has 0 unspecified atom stereocenters. The van der Waals surface area contributed by atoms with Gasteiger partial charge in [0.15, 0.2) is 5.78 Å². The summed E-state index contributed by atoms with van der Waals surface area (Å²) in [4.78, 5) is 32.2. The van der Waals surface area contributed by atoms with Gasteiger partial charge >= 0.3 is 0 Å². The lowest BCUT2D eigenvalue weighted by Gasteiger charge is -2.17. The van der Waals surface area contributed by atoms with Crippen LogP contribution in [0.15, 0.2) is 35.4 Å². The molecule has 0 N–H and O–H groups in total. The third kappa shape index (κ3) is 3.41. The van der Waals surface area contributed by atoms with Gasteiger partial charge in [0.2, 0.25) is 0 Å². The van der Waals surface area contributed by atoms with Gasteiger partial charge in [-0.2, -0.15) is 0 Å². The first kappa shape index (κ1) is 17.9. The topological polar surface area (TPSA) is 61.2 Å². The van der Waals surface area contributed by atoms with Crippen LogP contribution < -0.4 is 10.3 Å². The summed E-state index contributed by atoms with van der Waals surface area (Å²) in [5.41, 5.74) is 1.60. The second-order valence-electron chi connectivity index (χ2n) is 7.09. The summed E-state index contributed by atoms with van der Waals surface area (Å²) in [5.74, 6) is 1.27. The smallest absolute Gasteiger partial charge is 0.262 e. The van der Waals surface area contributed by atoms with Gasteiger partial charge in [0.1, 0.15) is 10.6 Å². The van der Waals surface area contributed by atoms with Crippen molar-refractivity contribution in [1.29, 1.82) is 0 Å². The molecule has 0 spiro atoms. The summed E-state index contributed by atoms with van der Waals surface area (Å²) in [7, 11) is 0. The number of carbonyl (C=O) groups excluding carboxylic acids is 1. The van der Waals surface area contributed by atoms with E-state index in [9.17, 15) is 9.59 Å². The molecule has 0 saturated heterocycles. The predicted octanol–water partition coefficient (Wildman–Crippen LogP) is 3.86. The largest absolute Gasteiger partial charge is 0.494 e. The lowest BCUT2D eigenvalue weighted by molar-refractivity contribution is 0.0970. The van der Waals surface area contributed by atoms with Gasteiger partial charge in [-0.05, 0) is 61.9 Å². The number of ketones is 1. The monoisotopic (exact) mass is 382 g/mol. The average molecular weight is 382 g/mol. The van der Waals surface area contributed by atoms with Crippen molar-refractivity contribution in [2.75, 3.05) is 6.61 Å². The van der Waals surface area contributed by atoms with Crippen molar-refractivity contribution in [3.8, 4) is 5.75 Å². The number of ether oxygens (including phenoxy) is 1. The molecule has 0 radical (unpaired) electrons. The fourth-order valence-electron chi connectivity index (χ4n) is 3.63. The highest BCUT2D eigenvalue weighted by Gasteiger charge is 2.23. The normalized spacial score (nSPS) is 16.3. The van der Waals surface area contributed by atoms with Gasteiger partial charge in [0.05, 0.1) is 24.9 Å². The fraction of sp³-hybridized carbons (Fsp3) is 0.381. The van der Waals surface area contributed by atoms with Crippen molar-refractivity contribution in [3.05, 3.63) is 57.0 Å². The van der Waals surface area contributed by atoms with Gasteiger partial charge in [-0.3, -0.25) is 14.2 Å². The summed E-state index contributed by atoms with van der Waals surface area (Å²) < 4.78 is 6.84. The van der Waals surface area contributed by atoms with E-state index in [2.05, 4.69) is 11.9 Å². The number of benzene rings is 1. The first-order chi connectivity index (χ1) is 13.1. The molecule has 6 heteroatoms. The number of carbonyl (C=O) groups is 1. The van der Waals surface area contributed by atoms with E-state index in [1.165, 1.54) is 15.8 Å². The van der Waals surface area contributed by atoms with Gasteiger partial charge < -0.3 is 4.74 Å². The summed E-state index contributed by atoms with van der Waals surface area (Å²) in [5, 5.41) is 0.712. The fourth-order valence-corrected chi connectivity index (χ4v) is 4.97. The van der Waals surface area contributed by atoms with Crippen molar-refractivity contribution < 1.29 is 9.53 Å². The van der Waals surface area contributed by atoms with Crippen LogP contribution in [-0.4, -0.2) is 21.9 Å². The molecule has 2 heterocycles. The summed E-state index contributed by atoms with van der Waals surface area (Å²) in [6.07, 6.45) is 4.53. The molecule has 4 rings (SSSR count). The van der Waals surface area contributed by atoms with E-state index >= 15 is 0 Å². The SMILES string of the molecule is CCOc1ccc(C(=O)Cn2cnc3sc4c(c3c2=O)CC[C@@H](C)C4)cc1. The molecule has 2 aromatic heterocycles. The molecule has 0 amide bonds. The van der Waals surface area contributed by atoms with Crippen LogP contribution in [0.4, 0.5) is 0 Å². The Hall–Kier alpha value is -2.47. The molecule has 1 aliphatic rings. The molecule has 3 aromatic rings. The van der Waals surface area contributed by atoms with Gasteiger partial charge in [-0.1, -0.05) is 6.92 Å². The van der Waals surface area contributed by atoms with Crippen LogP contribution in [0.25, 0.3) is 10.2 Å². The van der Waals surface area contributed by atoms with Crippen LogP contribution in [0.5, 0.6) is 5.75 Å². The number of thiophene rings is 1. The Morgan fingerprint density at radius 1 is 1.33 bits per heavy atom. The second kappa shape index (κ2) is 7.27. The third-order valence-electron chi connectivity index (χ3n) is 5.08. The first-order valence-electron chi connectivity index (χ1n) is 9.32. The molecule has 1 atom stereocenters. The third-order valence-corrected chi connectivity index (χ3v) is 6.25. The van der Waals surface area contributed by atoms with Gasteiger partial charge in [-0.15, -0.1) is 11.3 Å². The van der Waals surface area contributed by atoms with E-state index in [4.69, 9.17) is 4.74 Å². The molecular weight excluding hydrogens is 360 g/mol. The van der Waals surface area contributed by atoms with Crippen LogP contribution >= 0.6 is 11.3 Å². The zero-order valence-electron chi connectivity index (χ0n) is 15.5. The highest BCUT2D eigenvalue weighted by Crippen LogP contribution is 2.35. The van der Waals surface area contributed by atoms with Crippen LogP contribution in [0.3, 0.4) is 0 Å². The number of aryl methyl sites for hydroxylation is 1. The molecule has 140 valence electrons. The number of Topliss-reactive ketones (excluding diaryl/α,β-unsaturated/α-hetero) is 1. The molecule has 27 heavy (non-hydrogen) atoms. The standard InChI is InChI=1S/C21H22N2O3S/c1-3-26-15-7-5-14(6-8-15)17(24)11-23-12-22-20-19(21(23)25)16-9-4-13(2)10-18(16)27-20/h5-8,12-13H,3-4,9-11H2,1-2H3/t13-/m1/s1. The van der Waals surface area contributed by atoms with Gasteiger partial charge in [0, 0.05) is 10.4 Å². The van der Waals surface area contributed by atoms with Crippen molar-refractivity contribution in [1.82, 2.24) is 9.55 Å². The highest BCUT2D eigenvalue weighted by atomic mass is 32.1. The second-order valence-corrected chi connectivity index (χ2v) is 8.17. The maximum Gasteiger partial charge on any atom is 0.262 e. The summed E-state index contributed by atoms with van der Waals surface area (Å²) in [6.45, 7) is 4.74. The number of rotatable bonds is 5. The highest BCUT2D eigenvalue weighted by molar-refractivity contribution is 7.18. The van der Waals surface area contributed by atoms with Crippen molar-refractivity contribution in [3.63, 3.8) is 0 Å². The maximum atomic E-state index is 13.0. The van der Waals surface area contributed by atoms with Crippen LogP contribution in [0, 0.1) is 5.92 Å². The molecule has 0 saturated carbocycles. The number of fused-ring (bicyclic) bond motifs is 3. The molecule has 0 aliphatic heterocycles. The van der Waals surface area contributed by atoms with Crippen LogP contribution in [-0.2, 0) is 19.4 Å². The van der Waals surface area contributed by atoms with E-state index in [1.54, 1.807) is 35.6 Å². The molecule has 0 fully saturated rings. The molecule has 1 aromatic carbocycles. The summed E-state index contributed by atoms with van der Waals surface area (Å²) >= 11 is 1.62. The predicted molar refractivity (Wildman–Crippen MR) is 107 cm³/mol. The van der Waals surface area contributed by atoms with Gasteiger partial charge in [-0.25, -0.2) is 4.98 Å². The Labute approximate surface area is 161 Å². The van der Waals surface area contributed by atoms with Gasteiger partial charge in [0.25, 0.3) is 5.56 Å². The Bertz CT molecular complexity index is 1050. The van der Waals surface area contributed by atoms with Crippen molar-refractivity contribution in [2.45, 2.75) is 39.7 Å². The Morgan fingerprint density at radius 2 is 2.11 bits per heavy atom. The maximum absolute atomic E-state index is 13.0. The number of nitrogens with zero attached hydrogens (tertiary/aromatic N) is 2. The van der Waals surface area contributed by atoms with E-state index in [-0.39, 0.29) is 17.9 Å². The first-order valence-corrected chi connectivity index (χ1v) is 10.1.